The fourth-order valence-electron chi connectivity index (χ4n) is 2.66. The summed E-state index contributed by atoms with van der Waals surface area (Å²) in [4.78, 5) is 0. The molecule has 0 aromatic heterocycles. The van der Waals surface area contributed by atoms with Crippen molar-refractivity contribution in [2.45, 2.75) is 11.8 Å². The Labute approximate surface area is 98.1 Å². The van der Waals surface area contributed by atoms with Crippen molar-refractivity contribution in [3.05, 3.63) is 76.9 Å². The van der Waals surface area contributed by atoms with Crippen LogP contribution in [0.2, 0.25) is 0 Å². The number of allylic oxidation sites excluding steroid dienone is 1. The van der Waals surface area contributed by atoms with E-state index < -0.39 is 11.8 Å². The Bertz CT molecular complexity index is 689. The van der Waals surface area contributed by atoms with Crippen LogP contribution in [-0.4, -0.2) is 0 Å². The van der Waals surface area contributed by atoms with Crippen LogP contribution < -0.4 is 0 Å². The molecular weight excluding hydrogens is 192 g/mol. The second-order valence-electron chi connectivity index (χ2n) is 4.25. The molecule has 0 nitrogen and oxygen atoms in total. The molecule has 2 aliphatic carbocycles. The Morgan fingerprint density at radius 1 is 0.812 bits per heavy atom. The number of rotatable bonds is 0. The van der Waals surface area contributed by atoms with Crippen LogP contribution in [0.15, 0.2) is 54.6 Å². The maximum atomic E-state index is 8.84. The van der Waals surface area contributed by atoms with Gasteiger partial charge in [0.2, 0.25) is 0 Å². The Hall–Kier alpha value is -1.82. The van der Waals surface area contributed by atoms with Crippen molar-refractivity contribution in [3.63, 3.8) is 0 Å². The first-order valence-corrected chi connectivity index (χ1v) is 5.57. The van der Waals surface area contributed by atoms with Gasteiger partial charge in [0.15, 0.2) is 0 Å². The summed E-state index contributed by atoms with van der Waals surface area (Å²) in [5.74, 6) is -1.88. The van der Waals surface area contributed by atoms with Gasteiger partial charge in [-0.05, 0) is 22.3 Å². The number of fused-ring (bicyclic) bond motifs is 6. The number of hydrogen-bond donors (Lipinski definition) is 0. The second kappa shape index (κ2) is 2.85. The molecule has 2 aliphatic rings. The standard InChI is InChI=1S/C16H12/c1-2-6-12-11(5-1)9-10-15-13-7-3-4-8-14(13)16(12)15/h1-10,15-16H/i15D,16D. The predicted octanol–water partition coefficient (Wildman–Crippen LogP) is 3.94. The van der Waals surface area contributed by atoms with Crippen molar-refractivity contribution < 1.29 is 2.74 Å². The minimum Gasteiger partial charge on any atom is -0.0754 e. The molecule has 4 rings (SSSR count). The molecule has 0 heterocycles. The van der Waals surface area contributed by atoms with Crippen LogP contribution in [0.4, 0.5) is 0 Å². The van der Waals surface area contributed by atoms with Crippen molar-refractivity contribution in [1.29, 1.82) is 0 Å². The van der Waals surface area contributed by atoms with Crippen molar-refractivity contribution in [3.8, 4) is 0 Å². The van der Waals surface area contributed by atoms with Crippen molar-refractivity contribution in [1.82, 2.24) is 0 Å². The van der Waals surface area contributed by atoms with Crippen molar-refractivity contribution in [2.24, 2.45) is 0 Å². The lowest BCUT2D eigenvalue weighted by molar-refractivity contribution is 0.619. The highest BCUT2D eigenvalue weighted by atomic mass is 14.4. The molecule has 2 aromatic carbocycles. The average Bonchev–Trinajstić information content (AvgIpc) is 2.43. The lowest BCUT2D eigenvalue weighted by atomic mass is 9.62. The Balaban J connectivity index is 2.09. The topological polar surface area (TPSA) is 0 Å². The Morgan fingerprint density at radius 3 is 2.38 bits per heavy atom. The fourth-order valence-corrected chi connectivity index (χ4v) is 2.66. The lowest BCUT2D eigenvalue weighted by Crippen LogP contribution is -2.26. The first kappa shape index (κ1) is 6.70. The largest absolute Gasteiger partial charge is 0.0754 e. The maximum Gasteiger partial charge on any atom is 0.0412 e. The molecule has 0 bridgehead atoms. The van der Waals surface area contributed by atoms with Crippen LogP contribution in [0.5, 0.6) is 0 Å². The highest BCUT2D eigenvalue weighted by Crippen LogP contribution is 2.54. The molecule has 0 aliphatic heterocycles. The Kier molecular flexibility index (Phi) is 1.19. The maximum absolute atomic E-state index is 8.84. The smallest absolute Gasteiger partial charge is 0.0412 e. The van der Waals surface area contributed by atoms with Gasteiger partial charge in [0.05, 0.1) is 0 Å². The number of hydrogen-bond acceptors (Lipinski definition) is 0. The first-order valence-electron chi connectivity index (χ1n) is 6.57. The van der Waals surface area contributed by atoms with E-state index in [4.69, 9.17) is 2.74 Å². The van der Waals surface area contributed by atoms with E-state index in [1.165, 1.54) is 0 Å². The highest BCUT2D eigenvalue weighted by molar-refractivity contribution is 5.68. The highest BCUT2D eigenvalue weighted by Gasteiger charge is 2.38. The van der Waals surface area contributed by atoms with Crippen LogP contribution in [-0.2, 0) is 0 Å². The van der Waals surface area contributed by atoms with E-state index in [0.717, 1.165) is 22.3 Å². The summed E-state index contributed by atoms with van der Waals surface area (Å²) in [6.45, 7) is 0. The summed E-state index contributed by atoms with van der Waals surface area (Å²) >= 11 is 0. The first-order chi connectivity index (χ1) is 8.68. The average molecular weight is 206 g/mol. The summed E-state index contributed by atoms with van der Waals surface area (Å²) in [5.41, 5.74) is 3.94. The van der Waals surface area contributed by atoms with Gasteiger partial charge in [-0.1, -0.05) is 60.7 Å². The predicted molar refractivity (Wildman–Crippen MR) is 66.5 cm³/mol. The molecule has 0 spiro atoms. The van der Waals surface area contributed by atoms with E-state index in [1.54, 1.807) is 0 Å². The van der Waals surface area contributed by atoms with E-state index in [-0.39, 0.29) is 0 Å². The third-order valence-corrected chi connectivity index (χ3v) is 3.42. The third kappa shape index (κ3) is 0.898. The summed E-state index contributed by atoms with van der Waals surface area (Å²) in [6.07, 6.45) is 3.84. The molecule has 2 aromatic rings. The monoisotopic (exact) mass is 206 g/mol. The molecule has 0 amide bonds. The van der Waals surface area contributed by atoms with Gasteiger partial charge in [-0.15, -0.1) is 0 Å². The summed E-state index contributed by atoms with van der Waals surface area (Å²) < 4.78 is 17.5. The van der Waals surface area contributed by atoms with Gasteiger partial charge in [-0.3, -0.25) is 0 Å². The molecule has 0 saturated carbocycles. The normalized spacial score (nSPS) is 35.0. The van der Waals surface area contributed by atoms with Gasteiger partial charge >= 0.3 is 0 Å². The Morgan fingerprint density at radius 2 is 1.50 bits per heavy atom. The molecular formula is C16H12. The summed E-state index contributed by atoms with van der Waals surface area (Å²) in [7, 11) is 0. The van der Waals surface area contributed by atoms with Gasteiger partial charge in [-0.2, -0.15) is 0 Å². The second-order valence-corrected chi connectivity index (χ2v) is 4.25. The minimum absolute atomic E-state index is 0.933. The van der Waals surface area contributed by atoms with Crippen LogP contribution in [0.25, 0.3) is 6.08 Å². The summed E-state index contributed by atoms with van der Waals surface area (Å²) in [6, 6.07) is 15.8. The zero-order valence-corrected chi connectivity index (χ0v) is 8.77. The SMILES string of the molecule is [2H]C12C=Cc3ccccc3C1([2H])c1ccccc12. The minimum atomic E-state index is -0.949. The van der Waals surface area contributed by atoms with E-state index in [2.05, 4.69) is 0 Å². The molecule has 16 heavy (non-hydrogen) atoms. The molecule has 2 unspecified atom stereocenters. The molecule has 0 radical (unpaired) electrons. The van der Waals surface area contributed by atoms with Gasteiger partial charge in [0.1, 0.15) is 0 Å². The van der Waals surface area contributed by atoms with Gasteiger partial charge in [0.25, 0.3) is 0 Å². The third-order valence-electron chi connectivity index (χ3n) is 3.42. The van der Waals surface area contributed by atoms with Gasteiger partial charge in [0, 0.05) is 14.5 Å². The zero-order valence-electron chi connectivity index (χ0n) is 10.8. The van der Waals surface area contributed by atoms with Crippen molar-refractivity contribution >= 4 is 6.08 Å². The van der Waals surface area contributed by atoms with E-state index in [9.17, 15) is 0 Å². The van der Waals surface area contributed by atoms with Crippen LogP contribution in [0, 0.1) is 0 Å². The quantitative estimate of drug-likeness (QED) is 0.612. The molecule has 2 atom stereocenters. The number of benzene rings is 2. The lowest BCUT2D eigenvalue weighted by Gasteiger charge is -2.41. The van der Waals surface area contributed by atoms with Crippen molar-refractivity contribution in [2.75, 3.05) is 0 Å². The molecule has 0 fully saturated rings. The fraction of sp³-hybridized carbons (Fsp3) is 0.125. The summed E-state index contributed by atoms with van der Waals surface area (Å²) in [5, 5.41) is 0. The van der Waals surface area contributed by atoms with E-state index >= 15 is 0 Å². The van der Waals surface area contributed by atoms with Crippen LogP contribution in [0.1, 0.15) is 36.8 Å². The zero-order chi connectivity index (χ0) is 12.4. The molecule has 0 saturated heterocycles. The van der Waals surface area contributed by atoms with Gasteiger partial charge < -0.3 is 0 Å². The molecule has 76 valence electrons. The van der Waals surface area contributed by atoms with Crippen LogP contribution in [0.3, 0.4) is 0 Å². The molecule has 0 N–H and O–H groups in total. The van der Waals surface area contributed by atoms with Gasteiger partial charge in [-0.25, -0.2) is 0 Å². The van der Waals surface area contributed by atoms with Crippen LogP contribution >= 0.6 is 0 Å². The van der Waals surface area contributed by atoms with E-state index in [0.29, 0.717) is 0 Å². The molecule has 0 heteroatoms. The van der Waals surface area contributed by atoms with E-state index in [1.807, 2.05) is 60.7 Å².